The van der Waals surface area contributed by atoms with Gasteiger partial charge in [-0.25, -0.2) is 14.4 Å². The SMILES string of the molecule is CNc1nc(C2CCCc3ccccc32)nc(C)c1F. The van der Waals surface area contributed by atoms with E-state index in [0.29, 0.717) is 5.69 Å². The Bertz CT molecular complexity index is 640. The predicted octanol–water partition coefficient (Wildman–Crippen LogP) is 3.43. The highest BCUT2D eigenvalue weighted by Crippen LogP contribution is 2.35. The minimum Gasteiger partial charge on any atom is -0.371 e. The lowest BCUT2D eigenvalue weighted by atomic mass is 9.82. The molecule has 0 saturated carbocycles. The van der Waals surface area contributed by atoms with E-state index in [1.54, 1.807) is 14.0 Å². The Labute approximate surface area is 118 Å². The highest BCUT2D eigenvalue weighted by atomic mass is 19.1. The Morgan fingerprint density at radius 3 is 2.85 bits per heavy atom. The largest absolute Gasteiger partial charge is 0.371 e. The third-order valence-electron chi connectivity index (χ3n) is 3.95. The van der Waals surface area contributed by atoms with Crippen LogP contribution in [-0.4, -0.2) is 17.0 Å². The molecular weight excluding hydrogens is 253 g/mol. The summed E-state index contributed by atoms with van der Waals surface area (Å²) in [5.74, 6) is 0.822. The molecule has 1 aliphatic carbocycles. The van der Waals surface area contributed by atoms with E-state index in [-0.39, 0.29) is 17.6 Å². The van der Waals surface area contributed by atoms with Crippen LogP contribution in [0.15, 0.2) is 24.3 Å². The van der Waals surface area contributed by atoms with Gasteiger partial charge < -0.3 is 5.32 Å². The summed E-state index contributed by atoms with van der Waals surface area (Å²) in [7, 11) is 1.68. The van der Waals surface area contributed by atoms with Crippen molar-refractivity contribution < 1.29 is 4.39 Å². The molecule has 1 atom stereocenters. The van der Waals surface area contributed by atoms with Crippen molar-refractivity contribution in [2.24, 2.45) is 0 Å². The van der Waals surface area contributed by atoms with E-state index < -0.39 is 0 Å². The van der Waals surface area contributed by atoms with Gasteiger partial charge in [-0.05, 0) is 37.3 Å². The van der Waals surface area contributed by atoms with Gasteiger partial charge >= 0.3 is 0 Å². The van der Waals surface area contributed by atoms with Crippen LogP contribution in [-0.2, 0) is 6.42 Å². The first kappa shape index (κ1) is 13.0. The van der Waals surface area contributed by atoms with Gasteiger partial charge in [0, 0.05) is 13.0 Å². The van der Waals surface area contributed by atoms with E-state index in [2.05, 4.69) is 33.5 Å². The monoisotopic (exact) mass is 271 g/mol. The second-order valence-corrected chi connectivity index (χ2v) is 5.22. The highest BCUT2D eigenvalue weighted by Gasteiger charge is 2.25. The van der Waals surface area contributed by atoms with Gasteiger partial charge in [-0.1, -0.05) is 24.3 Å². The van der Waals surface area contributed by atoms with Gasteiger partial charge in [0.1, 0.15) is 5.82 Å². The van der Waals surface area contributed by atoms with Crippen LogP contribution >= 0.6 is 0 Å². The molecule has 1 N–H and O–H groups in total. The molecule has 3 rings (SSSR count). The van der Waals surface area contributed by atoms with Gasteiger partial charge in [-0.3, -0.25) is 0 Å². The lowest BCUT2D eigenvalue weighted by Gasteiger charge is -2.25. The van der Waals surface area contributed by atoms with Crippen molar-refractivity contribution in [3.05, 3.63) is 52.7 Å². The topological polar surface area (TPSA) is 37.8 Å². The number of benzene rings is 1. The molecular formula is C16H18FN3. The molecule has 0 spiro atoms. The third-order valence-corrected chi connectivity index (χ3v) is 3.95. The molecule has 0 fully saturated rings. The molecule has 1 aromatic carbocycles. The molecule has 3 nitrogen and oxygen atoms in total. The van der Waals surface area contributed by atoms with E-state index in [0.717, 1.165) is 25.1 Å². The average Bonchev–Trinajstić information content (AvgIpc) is 2.49. The Morgan fingerprint density at radius 1 is 1.25 bits per heavy atom. The predicted molar refractivity (Wildman–Crippen MR) is 77.5 cm³/mol. The zero-order chi connectivity index (χ0) is 14.1. The molecule has 1 heterocycles. The first-order chi connectivity index (χ1) is 9.70. The van der Waals surface area contributed by atoms with Gasteiger partial charge in [-0.2, -0.15) is 0 Å². The maximum absolute atomic E-state index is 13.9. The van der Waals surface area contributed by atoms with E-state index in [1.807, 2.05) is 6.07 Å². The first-order valence-electron chi connectivity index (χ1n) is 7.00. The van der Waals surface area contributed by atoms with Crippen LogP contribution in [0.4, 0.5) is 10.2 Å². The van der Waals surface area contributed by atoms with Crippen LogP contribution < -0.4 is 5.32 Å². The molecule has 0 saturated heterocycles. The lowest BCUT2D eigenvalue weighted by molar-refractivity contribution is 0.566. The van der Waals surface area contributed by atoms with Crippen molar-refractivity contribution in [3.63, 3.8) is 0 Å². The summed E-state index contributed by atoms with van der Waals surface area (Å²) in [6, 6.07) is 8.42. The van der Waals surface area contributed by atoms with Crippen molar-refractivity contribution >= 4 is 5.82 Å². The van der Waals surface area contributed by atoms with Gasteiger partial charge in [0.05, 0.1) is 5.69 Å². The number of rotatable bonds is 2. The molecule has 0 bridgehead atoms. The van der Waals surface area contributed by atoms with Gasteiger partial charge in [0.25, 0.3) is 0 Å². The number of hydrogen-bond donors (Lipinski definition) is 1. The molecule has 1 unspecified atom stereocenters. The number of nitrogens with one attached hydrogen (secondary N) is 1. The smallest absolute Gasteiger partial charge is 0.186 e. The van der Waals surface area contributed by atoms with Crippen molar-refractivity contribution in [3.8, 4) is 0 Å². The van der Waals surface area contributed by atoms with Crippen molar-refractivity contribution in [1.82, 2.24) is 9.97 Å². The summed E-state index contributed by atoms with van der Waals surface area (Å²) in [4.78, 5) is 8.75. The van der Waals surface area contributed by atoms with E-state index >= 15 is 0 Å². The van der Waals surface area contributed by atoms with E-state index in [9.17, 15) is 4.39 Å². The Morgan fingerprint density at radius 2 is 2.05 bits per heavy atom. The quantitative estimate of drug-likeness (QED) is 0.909. The highest BCUT2D eigenvalue weighted by molar-refractivity contribution is 5.41. The van der Waals surface area contributed by atoms with Crippen LogP contribution in [0.2, 0.25) is 0 Å². The summed E-state index contributed by atoms with van der Waals surface area (Å²) in [5.41, 5.74) is 3.05. The van der Waals surface area contributed by atoms with Gasteiger partial charge in [-0.15, -0.1) is 0 Å². The fraction of sp³-hybridized carbons (Fsp3) is 0.375. The fourth-order valence-corrected chi connectivity index (χ4v) is 2.92. The zero-order valence-corrected chi connectivity index (χ0v) is 11.8. The molecule has 20 heavy (non-hydrogen) atoms. The van der Waals surface area contributed by atoms with Crippen LogP contribution in [0.25, 0.3) is 0 Å². The maximum Gasteiger partial charge on any atom is 0.186 e. The summed E-state index contributed by atoms with van der Waals surface area (Å²) in [6.07, 6.45) is 3.24. The number of anilines is 1. The summed E-state index contributed by atoms with van der Waals surface area (Å²) in [5, 5.41) is 2.81. The second kappa shape index (κ2) is 5.19. The number of aryl methyl sites for hydroxylation is 2. The third kappa shape index (κ3) is 2.15. The summed E-state index contributed by atoms with van der Waals surface area (Å²) in [6.45, 7) is 1.69. The molecule has 1 aromatic heterocycles. The standard InChI is InChI=1S/C16H18FN3/c1-10-14(17)16(18-2)20-15(19-10)13-9-5-7-11-6-3-4-8-12(11)13/h3-4,6,8,13H,5,7,9H2,1-2H3,(H,18,19,20). The van der Waals surface area contributed by atoms with Crippen LogP contribution in [0.1, 0.15) is 41.4 Å². The zero-order valence-electron chi connectivity index (χ0n) is 11.8. The van der Waals surface area contributed by atoms with Crippen LogP contribution in [0.3, 0.4) is 0 Å². The number of nitrogens with zero attached hydrogens (tertiary/aromatic N) is 2. The fourth-order valence-electron chi connectivity index (χ4n) is 2.92. The van der Waals surface area contributed by atoms with Crippen LogP contribution in [0.5, 0.6) is 0 Å². The molecule has 0 amide bonds. The molecule has 0 aliphatic heterocycles. The number of fused-ring (bicyclic) bond motifs is 1. The Kier molecular flexibility index (Phi) is 3.38. The molecule has 0 radical (unpaired) electrons. The van der Waals surface area contributed by atoms with Crippen LogP contribution in [0, 0.1) is 12.7 Å². The van der Waals surface area contributed by atoms with E-state index in [1.165, 1.54) is 11.1 Å². The van der Waals surface area contributed by atoms with E-state index in [4.69, 9.17) is 0 Å². The minimum absolute atomic E-state index is 0.173. The second-order valence-electron chi connectivity index (χ2n) is 5.22. The average molecular weight is 271 g/mol. The molecule has 4 heteroatoms. The Balaban J connectivity index is 2.09. The van der Waals surface area contributed by atoms with Gasteiger partial charge in [0.2, 0.25) is 0 Å². The van der Waals surface area contributed by atoms with Crippen molar-refractivity contribution in [2.75, 3.05) is 12.4 Å². The molecule has 104 valence electrons. The number of halogens is 1. The minimum atomic E-state index is -0.361. The summed E-state index contributed by atoms with van der Waals surface area (Å²) >= 11 is 0. The maximum atomic E-state index is 13.9. The summed E-state index contributed by atoms with van der Waals surface area (Å²) < 4.78 is 13.9. The Hall–Kier alpha value is -1.97. The van der Waals surface area contributed by atoms with Gasteiger partial charge in [0.15, 0.2) is 11.6 Å². The molecule has 2 aromatic rings. The van der Waals surface area contributed by atoms with Crippen molar-refractivity contribution in [2.45, 2.75) is 32.1 Å². The van der Waals surface area contributed by atoms with Crippen molar-refractivity contribution in [1.29, 1.82) is 0 Å². The lowest BCUT2D eigenvalue weighted by Crippen LogP contribution is -2.16. The normalized spacial score (nSPS) is 17.6. The number of hydrogen-bond acceptors (Lipinski definition) is 3. The first-order valence-corrected chi connectivity index (χ1v) is 7.00. The molecule has 1 aliphatic rings. The number of aromatic nitrogens is 2.